The summed E-state index contributed by atoms with van der Waals surface area (Å²) in [5, 5.41) is 0. The van der Waals surface area contributed by atoms with Crippen LogP contribution in [0.3, 0.4) is 0 Å². The average molecular weight is 341 g/mol. The fraction of sp³-hybridized carbons (Fsp3) is 0.368. The molecule has 1 aromatic carbocycles. The lowest BCUT2D eigenvalue weighted by Crippen LogP contribution is -2.51. The van der Waals surface area contributed by atoms with Gasteiger partial charge in [-0.1, -0.05) is 18.2 Å². The summed E-state index contributed by atoms with van der Waals surface area (Å²) in [5.41, 5.74) is 0.988. The molecule has 0 bridgehead atoms. The predicted octanol–water partition coefficient (Wildman–Crippen LogP) is 1.70. The van der Waals surface area contributed by atoms with Crippen LogP contribution in [0.25, 0.3) is 0 Å². The molecule has 1 N–H and O–H groups in total. The second-order valence-corrected chi connectivity index (χ2v) is 6.07. The van der Waals surface area contributed by atoms with Crippen LogP contribution in [0.5, 0.6) is 5.75 Å². The van der Waals surface area contributed by atoms with Crippen LogP contribution in [0.2, 0.25) is 0 Å². The van der Waals surface area contributed by atoms with E-state index < -0.39 is 0 Å². The van der Waals surface area contributed by atoms with Gasteiger partial charge in [0.1, 0.15) is 5.75 Å². The molecule has 3 rings (SSSR count). The van der Waals surface area contributed by atoms with E-state index in [1.807, 2.05) is 58.6 Å². The molecule has 1 aliphatic heterocycles. The minimum Gasteiger partial charge on any atom is -0.493 e. The summed E-state index contributed by atoms with van der Waals surface area (Å²) >= 11 is 0. The lowest BCUT2D eigenvalue weighted by atomic mass is 10.2. The highest BCUT2D eigenvalue weighted by Gasteiger charge is 2.24. The van der Waals surface area contributed by atoms with Crippen molar-refractivity contribution in [2.45, 2.75) is 12.8 Å². The molecule has 1 aliphatic rings. The maximum Gasteiger partial charge on any atom is 0.227 e. The molecule has 0 atom stereocenters. The van der Waals surface area contributed by atoms with E-state index in [4.69, 9.17) is 4.74 Å². The molecule has 0 saturated carbocycles. The number of ether oxygens (including phenoxy) is 1. The molecule has 1 fully saturated rings. The first kappa shape index (κ1) is 17.1. The Morgan fingerprint density at radius 1 is 0.960 bits per heavy atom. The largest absolute Gasteiger partial charge is 0.493 e. The van der Waals surface area contributed by atoms with E-state index in [1.54, 1.807) is 0 Å². The monoisotopic (exact) mass is 341 g/mol. The lowest BCUT2D eigenvalue weighted by Gasteiger charge is -2.34. The van der Waals surface area contributed by atoms with E-state index in [0.29, 0.717) is 45.6 Å². The van der Waals surface area contributed by atoms with Gasteiger partial charge in [-0.2, -0.15) is 0 Å². The minimum atomic E-state index is 0.0775. The van der Waals surface area contributed by atoms with Crippen LogP contribution >= 0.6 is 0 Å². The number of H-pyrrole nitrogens is 1. The van der Waals surface area contributed by atoms with Gasteiger partial charge in [-0.3, -0.25) is 9.59 Å². The molecule has 1 saturated heterocycles. The van der Waals surface area contributed by atoms with E-state index in [2.05, 4.69) is 4.98 Å². The van der Waals surface area contributed by atoms with Gasteiger partial charge < -0.3 is 19.5 Å². The van der Waals surface area contributed by atoms with Crippen LogP contribution in [-0.4, -0.2) is 59.4 Å². The summed E-state index contributed by atoms with van der Waals surface area (Å²) in [4.78, 5) is 31.1. The van der Waals surface area contributed by atoms with Crippen molar-refractivity contribution in [2.24, 2.45) is 0 Å². The van der Waals surface area contributed by atoms with Gasteiger partial charge in [-0.25, -0.2) is 0 Å². The Morgan fingerprint density at radius 2 is 1.64 bits per heavy atom. The molecule has 0 aliphatic carbocycles. The third kappa shape index (κ3) is 4.86. The average Bonchev–Trinajstić information content (AvgIpc) is 3.15. The number of hydrogen-bond donors (Lipinski definition) is 1. The Labute approximate surface area is 147 Å². The second-order valence-electron chi connectivity index (χ2n) is 6.07. The number of aromatic nitrogens is 1. The van der Waals surface area contributed by atoms with Gasteiger partial charge in [0.2, 0.25) is 11.8 Å². The van der Waals surface area contributed by atoms with E-state index in [1.165, 1.54) is 0 Å². The summed E-state index contributed by atoms with van der Waals surface area (Å²) in [6.07, 6.45) is 4.41. The highest BCUT2D eigenvalue weighted by atomic mass is 16.5. The minimum absolute atomic E-state index is 0.0775. The van der Waals surface area contributed by atoms with Crippen molar-refractivity contribution in [1.29, 1.82) is 0 Å². The zero-order valence-corrected chi connectivity index (χ0v) is 14.2. The van der Waals surface area contributed by atoms with Crippen molar-refractivity contribution in [3.8, 4) is 5.75 Å². The van der Waals surface area contributed by atoms with Crippen LogP contribution in [0, 0.1) is 0 Å². The molecule has 1 aromatic heterocycles. The van der Waals surface area contributed by atoms with Gasteiger partial charge >= 0.3 is 0 Å². The molecule has 6 nitrogen and oxygen atoms in total. The second kappa shape index (κ2) is 8.37. The predicted molar refractivity (Wildman–Crippen MR) is 94.2 cm³/mol. The first-order chi connectivity index (χ1) is 12.2. The third-order valence-electron chi connectivity index (χ3n) is 4.33. The maximum absolute atomic E-state index is 12.3. The number of nitrogens with zero attached hydrogens (tertiary/aromatic N) is 2. The van der Waals surface area contributed by atoms with Crippen LogP contribution in [-0.2, 0) is 16.0 Å². The van der Waals surface area contributed by atoms with Crippen LogP contribution in [0.1, 0.15) is 12.0 Å². The van der Waals surface area contributed by atoms with Crippen molar-refractivity contribution in [3.63, 3.8) is 0 Å². The zero-order chi connectivity index (χ0) is 17.5. The number of hydrogen-bond acceptors (Lipinski definition) is 3. The number of carbonyl (C=O) groups is 2. The molecule has 2 aromatic rings. The molecule has 0 radical (unpaired) electrons. The SMILES string of the molecule is O=C(CCOc1ccccc1)N1CCN(C(=O)Cc2cc[nH]c2)CC1. The van der Waals surface area contributed by atoms with Gasteiger partial charge in [0.25, 0.3) is 0 Å². The third-order valence-corrected chi connectivity index (χ3v) is 4.33. The van der Waals surface area contributed by atoms with Crippen molar-refractivity contribution < 1.29 is 14.3 Å². The molecule has 132 valence electrons. The Balaban J connectivity index is 1.38. The van der Waals surface area contributed by atoms with E-state index in [0.717, 1.165) is 11.3 Å². The quantitative estimate of drug-likeness (QED) is 0.870. The molecule has 2 heterocycles. The molecular formula is C19H23N3O3. The maximum atomic E-state index is 12.3. The summed E-state index contributed by atoms with van der Waals surface area (Å²) in [5.74, 6) is 0.961. The lowest BCUT2D eigenvalue weighted by molar-refractivity contribution is -0.139. The van der Waals surface area contributed by atoms with E-state index in [-0.39, 0.29) is 11.8 Å². The highest BCUT2D eigenvalue weighted by molar-refractivity contribution is 5.80. The summed E-state index contributed by atoms with van der Waals surface area (Å²) < 4.78 is 5.57. The van der Waals surface area contributed by atoms with Gasteiger partial charge in [-0.05, 0) is 23.8 Å². The van der Waals surface area contributed by atoms with Crippen molar-refractivity contribution in [2.75, 3.05) is 32.8 Å². The normalized spacial score (nSPS) is 14.4. The molecular weight excluding hydrogens is 318 g/mol. The fourth-order valence-corrected chi connectivity index (χ4v) is 2.89. The van der Waals surface area contributed by atoms with Gasteiger partial charge in [0.05, 0.1) is 19.4 Å². The molecule has 0 spiro atoms. The van der Waals surface area contributed by atoms with Gasteiger partial charge in [0.15, 0.2) is 0 Å². The van der Waals surface area contributed by atoms with Crippen LogP contribution < -0.4 is 4.74 Å². The smallest absolute Gasteiger partial charge is 0.227 e. The molecule has 6 heteroatoms. The van der Waals surface area contributed by atoms with E-state index >= 15 is 0 Å². The number of aromatic amines is 1. The van der Waals surface area contributed by atoms with Crippen molar-refractivity contribution in [1.82, 2.24) is 14.8 Å². The molecule has 25 heavy (non-hydrogen) atoms. The standard InChI is InChI=1S/C19H23N3O3/c23-18(7-13-25-17-4-2-1-3-5-17)21-9-11-22(12-10-21)19(24)14-16-6-8-20-15-16/h1-6,8,15,20H,7,9-14H2. The van der Waals surface area contributed by atoms with Gasteiger partial charge in [-0.15, -0.1) is 0 Å². The fourth-order valence-electron chi connectivity index (χ4n) is 2.89. The number of nitrogens with one attached hydrogen (secondary N) is 1. The Morgan fingerprint density at radius 3 is 2.28 bits per heavy atom. The Hall–Kier alpha value is -2.76. The summed E-state index contributed by atoms with van der Waals surface area (Å²) in [6.45, 7) is 2.73. The van der Waals surface area contributed by atoms with Gasteiger partial charge in [0, 0.05) is 38.6 Å². The number of carbonyl (C=O) groups excluding carboxylic acids is 2. The molecule has 2 amide bonds. The number of benzene rings is 1. The molecule has 0 unspecified atom stereocenters. The first-order valence-corrected chi connectivity index (χ1v) is 8.57. The number of piperazine rings is 1. The number of para-hydroxylation sites is 1. The van der Waals surface area contributed by atoms with E-state index in [9.17, 15) is 9.59 Å². The highest BCUT2D eigenvalue weighted by Crippen LogP contribution is 2.10. The van der Waals surface area contributed by atoms with Crippen LogP contribution in [0.15, 0.2) is 48.8 Å². The van der Waals surface area contributed by atoms with Crippen molar-refractivity contribution in [3.05, 3.63) is 54.4 Å². The first-order valence-electron chi connectivity index (χ1n) is 8.57. The summed E-state index contributed by atoms with van der Waals surface area (Å²) in [7, 11) is 0. The van der Waals surface area contributed by atoms with Crippen molar-refractivity contribution >= 4 is 11.8 Å². The number of rotatable bonds is 6. The zero-order valence-electron chi connectivity index (χ0n) is 14.2. The van der Waals surface area contributed by atoms with Crippen LogP contribution in [0.4, 0.5) is 0 Å². The summed E-state index contributed by atoms with van der Waals surface area (Å²) in [6, 6.07) is 11.4. The Kier molecular flexibility index (Phi) is 5.72. The Bertz CT molecular complexity index is 677. The topological polar surface area (TPSA) is 65.6 Å². The number of amides is 2.